The number of ether oxygens (including phenoxy) is 5. The smallest absolute Gasteiger partial charge is 0.343 e. The van der Waals surface area contributed by atoms with Gasteiger partial charge in [-0.2, -0.15) is 5.26 Å². The van der Waals surface area contributed by atoms with Gasteiger partial charge in [0.15, 0.2) is 22.9 Å². The van der Waals surface area contributed by atoms with E-state index < -0.39 is 18.0 Å². The fourth-order valence-corrected chi connectivity index (χ4v) is 6.93. The molecule has 2 heterocycles. The summed E-state index contributed by atoms with van der Waals surface area (Å²) in [6, 6.07) is 25.1. The first-order valence-corrected chi connectivity index (χ1v) is 17.4. The first-order chi connectivity index (χ1) is 25.3. The number of thiazole rings is 1. The van der Waals surface area contributed by atoms with Crippen LogP contribution in [0.1, 0.15) is 49.1 Å². The van der Waals surface area contributed by atoms with Gasteiger partial charge < -0.3 is 23.7 Å². The summed E-state index contributed by atoms with van der Waals surface area (Å²) in [5.41, 5.74) is 2.96. The van der Waals surface area contributed by atoms with Gasteiger partial charge in [-0.25, -0.2) is 14.6 Å². The van der Waals surface area contributed by atoms with Crippen molar-refractivity contribution in [2.75, 3.05) is 26.9 Å². The molecule has 0 unspecified atom stereocenters. The average molecular weight is 718 g/mol. The maximum atomic E-state index is 14.5. The summed E-state index contributed by atoms with van der Waals surface area (Å²) in [5, 5.41) is 11.0. The number of methoxy groups -OCH3 is 1. The third-order valence-corrected chi connectivity index (χ3v) is 9.34. The van der Waals surface area contributed by atoms with Crippen molar-refractivity contribution in [1.82, 2.24) is 4.57 Å². The number of fused-ring (bicyclic) bond motifs is 2. The van der Waals surface area contributed by atoms with Gasteiger partial charge >= 0.3 is 11.9 Å². The van der Waals surface area contributed by atoms with Crippen LogP contribution >= 0.6 is 11.3 Å². The van der Waals surface area contributed by atoms with Crippen molar-refractivity contribution in [1.29, 1.82) is 5.26 Å². The molecule has 1 aromatic heterocycles. The number of nitrogens with zero attached hydrogens (tertiary/aromatic N) is 3. The first-order valence-electron chi connectivity index (χ1n) is 16.6. The lowest BCUT2D eigenvalue weighted by atomic mass is 9.95. The molecular formula is C40H35N3O8S. The van der Waals surface area contributed by atoms with E-state index in [4.69, 9.17) is 28.7 Å². The van der Waals surface area contributed by atoms with Crippen molar-refractivity contribution in [3.8, 4) is 23.3 Å². The van der Waals surface area contributed by atoms with Crippen molar-refractivity contribution in [2.24, 2.45) is 4.99 Å². The van der Waals surface area contributed by atoms with E-state index in [1.54, 1.807) is 50.3 Å². The minimum absolute atomic E-state index is 0.129. The van der Waals surface area contributed by atoms with Crippen LogP contribution in [0.4, 0.5) is 0 Å². The van der Waals surface area contributed by atoms with E-state index in [0.29, 0.717) is 55.6 Å². The summed E-state index contributed by atoms with van der Waals surface area (Å²) < 4.78 is 29.9. The lowest BCUT2D eigenvalue weighted by molar-refractivity contribution is -0.143. The molecule has 0 spiro atoms. The number of esters is 2. The van der Waals surface area contributed by atoms with Gasteiger partial charge in [0, 0.05) is 5.56 Å². The summed E-state index contributed by atoms with van der Waals surface area (Å²) in [6.45, 7) is 5.58. The molecule has 0 aliphatic carbocycles. The predicted octanol–water partition coefficient (Wildman–Crippen LogP) is 5.35. The highest BCUT2D eigenvalue weighted by Crippen LogP contribution is 2.37. The second-order valence-corrected chi connectivity index (χ2v) is 12.6. The van der Waals surface area contributed by atoms with E-state index in [1.165, 1.54) is 23.0 Å². The number of hydrogen-bond acceptors (Lipinski definition) is 11. The van der Waals surface area contributed by atoms with E-state index in [0.717, 1.165) is 16.3 Å². The fraction of sp³-hybridized carbons (Fsp3) is 0.225. The summed E-state index contributed by atoms with van der Waals surface area (Å²) in [5.74, 6) is 0.0307. The van der Waals surface area contributed by atoms with Gasteiger partial charge in [-0.1, -0.05) is 59.9 Å². The van der Waals surface area contributed by atoms with E-state index in [9.17, 15) is 19.6 Å². The Bertz CT molecular complexity index is 2420. The Morgan fingerprint density at radius 3 is 2.44 bits per heavy atom. The highest BCUT2D eigenvalue weighted by Gasteiger charge is 2.34. The fourth-order valence-electron chi connectivity index (χ4n) is 5.90. The van der Waals surface area contributed by atoms with Crippen LogP contribution in [0.25, 0.3) is 16.8 Å². The summed E-state index contributed by atoms with van der Waals surface area (Å²) in [7, 11) is 1.27. The summed E-state index contributed by atoms with van der Waals surface area (Å²) in [6.07, 6.45) is 1.80. The average Bonchev–Trinajstić information content (AvgIpc) is 3.46. The topological polar surface area (TPSA) is 138 Å². The normalized spacial score (nSPS) is 13.9. The molecule has 0 radical (unpaired) electrons. The van der Waals surface area contributed by atoms with Gasteiger partial charge in [-0.15, -0.1) is 0 Å². The number of nitriles is 1. The van der Waals surface area contributed by atoms with Gasteiger partial charge in [0.1, 0.15) is 12.4 Å². The van der Waals surface area contributed by atoms with E-state index in [-0.39, 0.29) is 31.0 Å². The Morgan fingerprint density at radius 2 is 1.71 bits per heavy atom. The number of rotatable bonds is 12. The Balaban J connectivity index is 1.49. The molecule has 0 bridgehead atoms. The molecule has 0 N–H and O–H groups in total. The zero-order valence-corrected chi connectivity index (χ0v) is 29.8. The molecule has 0 saturated carbocycles. The van der Waals surface area contributed by atoms with Crippen molar-refractivity contribution >= 4 is 40.1 Å². The van der Waals surface area contributed by atoms with Crippen LogP contribution < -0.4 is 29.1 Å². The molecule has 6 rings (SSSR count). The van der Waals surface area contributed by atoms with Crippen molar-refractivity contribution in [3.05, 3.63) is 132 Å². The minimum Gasteiger partial charge on any atom is -0.490 e. The largest absolute Gasteiger partial charge is 0.490 e. The Labute approximate surface area is 303 Å². The molecule has 12 heteroatoms. The lowest BCUT2D eigenvalue weighted by Crippen LogP contribution is -2.40. The minimum atomic E-state index is -0.911. The van der Waals surface area contributed by atoms with Crippen LogP contribution in [0, 0.1) is 11.3 Å². The van der Waals surface area contributed by atoms with Crippen molar-refractivity contribution in [2.45, 2.75) is 33.4 Å². The van der Waals surface area contributed by atoms with Gasteiger partial charge in [0.05, 0.1) is 53.8 Å². The summed E-state index contributed by atoms with van der Waals surface area (Å²) >= 11 is 1.20. The lowest BCUT2D eigenvalue weighted by Gasteiger charge is -2.25. The Kier molecular flexibility index (Phi) is 10.8. The quantitative estimate of drug-likeness (QED) is 0.156. The molecule has 0 fully saturated rings. The maximum absolute atomic E-state index is 14.5. The highest BCUT2D eigenvalue weighted by atomic mass is 32.1. The molecule has 0 amide bonds. The van der Waals surface area contributed by atoms with Crippen LogP contribution in [0.15, 0.2) is 99.9 Å². The van der Waals surface area contributed by atoms with Gasteiger partial charge in [0.25, 0.3) is 5.56 Å². The zero-order valence-electron chi connectivity index (χ0n) is 29.0. The molecule has 1 aliphatic heterocycles. The third-order valence-electron chi connectivity index (χ3n) is 8.36. The molecule has 1 atom stereocenters. The van der Waals surface area contributed by atoms with Gasteiger partial charge in [-0.05, 0) is 79.1 Å². The second kappa shape index (κ2) is 15.8. The SMILES string of the molecule is CCOC(=O)C1=C(C)N=c2s/c(=C/c3c(OCc4ccc(C#N)cc4)ccc4ccccc34)c(=O)n2[C@@H]1c1ccc(OCC(=O)OC)c(OCC)c1. The monoisotopic (exact) mass is 717 g/mol. The zero-order chi connectivity index (χ0) is 36.8. The first kappa shape index (κ1) is 35.6. The third kappa shape index (κ3) is 7.31. The van der Waals surface area contributed by atoms with E-state index >= 15 is 0 Å². The molecule has 264 valence electrons. The standard InChI is InChI=1S/C40H35N3O8S/c1-5-48-33-19-28(16-18-32(33)51-23-35(44)47-4)37-36(39(46)49-6-2)24(3)42-40-43(37)38(45)34(52-40)20-30-29-10-8-7-9-27(29)15-17-31(30)50-22-26-13-11-25(21-41)12-14-26/h7-20,37H,5-6,22-23H2,1-4H3/b34-20+/t37-/m1/s1. The molecule has 4 aromatic carbocycles. The number of aromatic nitrogens is 1. The highest BCUT2D eigenvalue weighted by molar-refractivity contribution is 7.07. The van der Waals surface area contributed by atoms with Gasteiger partial charge in [-0.3, -0.25) is 9.36 Å². The molecule has 0 saturated heterocycles. The van der Waals surface area contributed by atoms with Crippen molar-refractivity contribution in [3.63, 3.8) is 0 Å². The molecule has 52 heavy (non-hydrogen) atoms. The van der Waals surface area contributed by atoms with Crippen molar-refractivity contribution < 1.29 is 33.3 Å². The number of allylic oxidation sites excluding steroid dienone is 1. The van der Waals surface area contributed by atoms with Gasteiger partial charge in [0.2, 0.25) is 0 Å². The molecule has 5 aromatic rings. The molecule has 11 nitrogen and oxygen atoms in total. The van der Waals surface area contributed by atoms with E-state index in [2.05, 4.69) is 6.07 Å². The molecular weight excluding hydrogens is 683 g/mol. The second-order valence-electron chi connectivity index (χ2n) is 11.6. The Morgan fingerprint density at radius 1 is 0.942 bits per heavy atom. The Hall–Kier alpha value is -6.19. The van der Waals surface area contributed by atoms with Crippen LogP contribution in [0.3, 0.4) is 0 Å². The summed E-state index contributed by atoms with van der Waals surface area (Å²) in [4.78, 5) is 45.0. The van der Waals surface area contributed by atoms with Crippen LogP contribution in [-0.2, 0) is 25.7 Å². The van der Waals surface area contributed by atoms with Crippen LogP contribution in [-0.4, -0.2) is 43.4 Å². The number of carbonyl (C=O) groups excluding carboxylic acids is 2. The predicted molar refractivity (Wildman–Crippen MR) is 195 cm³/mol. The number of hydrogen-bond donors (Lipinski definition) is 0. The number of carbonyl (C=O) groups is 2. The van der Waals surface area contributed by atoms with E-state index in [1.807, 2.05) is 55.5 Å². The van der Waals surface area contributed by atoms with Crippen LogP contribution in [0.2, 0.25) is 0 Å². The number of benzene rings is 4. The maximum Gasteiger partial charge on any atom is 0.343 e. The van der Waals surface area contributed by atoms with Crippen LogP contribution in [0.5, 0.6) is 17.2 Å². The molecule has 1 aliphatic rings.